The number of imidazole rings is 1. The molecule has 1 atom stereocenters. The Kier molecular flexibility index (Phi) is 5.51. The maximum absolute atomic E-state index is 12.7. The highest BCUT2D eigenvalue weighted by Gasteiger charge is 2.26. The monoisotopic (exact) mass is 363 g/mol. The number of aromatic nitrogens is 2. The molecule has 0 bridgehead atoms. The molecule has 0 aliphatic carbocycles. The third-order valence-corrected chi connectivity index (χ3v) is 5.76. The van der Waals surface area contributed by atoms with Gasteiger partial charge in [-0.1, -0.05) is 30.3 Å². The first-order valence-corrected chi connectivity index (χ1v) is 9.55. The number of carbonyl (C=O) groups excluding carboxylic acids is 1. The topological polar surface area (TPSA) is 38.1 Å². The Morgan fingerprint density at radius 3 is 2.62 bits per heavy atom. The van der Waals surface area contributed by atoms with Crippen LogP contribution in [0.1, 0.15) is 26.7 Å². The first-order chi connectivity index (χ1) is 11.5. The van der Waals surface area contributed by atoms with Crippen molar-refractivity contribution in [3.63, 3.8) is 0 Å². The summed E-state index contributed by atoms with van der Waals surface area (Å²) < 4.78 is 1.99. The molecule has 2 heterocycles. The van der Waals surface area contributed by atoms with Gasteiger partial charge in [0.25, 0.3) is 0 Å². The Bertz CT molecular complexity index is 693. The first-order valence-electron chi connectivity index (χ1n) is 8.29. The normalized spacial score (nSPS) is 17.0. The van der Waals surface area contributed by atoms with Crippen LogP contribution in [0.4, 0.5) is 0 Å². The van der Waals surface area contributed by atoms with Gasteiger partial charge in [0, 0.05) is 36.2 Å². The van der Waals surface area contributed by atoms with E-state index in [4.69, 9.17) is 11.6 Å². The summed E-state index contributed by atoms with van der Waals surface area (Å²) in [6.07, 6.45) is 5.87. The Morgan fingerprint density at radius 1 is 1.29 bits per heavy atom. The summed E-state index contributed by atoms with van der Waals surface area (Å²) in [5.41, 5.74) is 0.992. The van der Waals surface area contributed by atoms with Crippen molar-refractivity contribution in [2.24, 2.45) is 5.92 Å². The standard InChI is InChI=1S/C18H22ClN3OS/c1-13-7-10-21(11-8-13)17(23)14(2)24-18-20-9-12-22(18)16-5-3-15(19)4-6-16/h3-6,9,12-14H,7-8,10-11H2,1-2H3/t14-/m0/s1. The number of hydrogen-bond acceptors (Lipinski definition) is 3. The number of nitrogens with zero attached hydrogens (tertiary/aromatic N) is 3. The van der Waals surface area contributed by atoms with Crippen LogP contribution in [0.5, 0.6) is 0 Å². The van der Waals surface area contributed by atoms with E-state index in [1.54, 1.807) is 6.20 Å². The van der Waals surface area contributed by atoms with Gasteiger partial charge in [0.05, 0.1) is 5.25 Å². The average Bonchev–Trinajstić information content (AvgIpc) is 3.03. The fourth-order valence-electron chi connectivity index (χ4n) is 2.87. The Hall–Kier alpha value is -1.46. The summed E-state index contributed by atoms with van der Waals surface area (Å²) in [4.78, 5) is 19.1. The lowest BCUT2D eigenvalue weighted by Crippen LogP contribution is -2.41. The van der Waals surface area contributed by atoms with Crippen LogP contribution in [-0.4, -0.2) is 38.7 Å². The number of carbonyl (C=O) groups is 1. The van der Waals surface area contributed by atoms with E-state index in [1.165, 1.54) is 11.8 Å². The summed E-state index contributed by atoms with van der Waals surface area (Å²) in [5.74, 6) is 0.929. The molecule has 0 spiro atoms. The third-order valence-electron chi connectivity index (χ3n) is 4.44. The van der Waals surface area contributed by atoms with Crippen LogP contribution < -0.4 is 0 Å². The molecule has 0 radical (unpaired) electrons. The Balaban J connectivity index is 1.69. The smallest absolute Gasteiger partial charge is 0.235 e. The molecule has 1 aromatic heterocycles. The zero-order chi connectivity index (χ0) is 17.1. The van der Waals surface area contributed by atoms with E-state index < -0.39 is 0 Å². The average molecular weight is 364 g/mol. The molecule has 1 amide bonds. The summed E-state index contributed by atoms with van der Waals surface area (Å²) in [7, 11) is 0. The summed E-state index contributed by atoms with van der Waals surface area (Å²) in [6.45, 7) is 5.96. The van der Waals surface area contributed by atoms with E-state index in [0.717, 1.165) is 42.7 Å². The van der Waals surface area contributed by atoms with E-state index in [-0.39, 0.29) is 11.2 Å². The van der Waals surface area contributed by atoms with Gasteiger partial charge in [-0.2, -0.15) is 0 Å². The number of rotatable bonds is 4. The van der Waals surface area contributed by atoms with Crippen molar-refractivity contribution in [3.8, 4) is 5.69 Å². The van der Waals surface area contributed by atoms with Crippen molar-refractivity contribution in [3.05, 3.63) is 41.7 Å². The highest BCUT2D eigenvalue weighted by molar-refractivity contribution is 8.00. The van der Waals surface area contributed by atoms with Crippen LogP contribution in [0.3, 0.4) is 0 Å². The van der Waals surface area contributed by atoms with Gasteiger partial charge in [-0.25, -0.2) is 4.98 Å². The van der Waals surface area contributed by atoms with Crippen LogP contribution in [0.15, 0.2) is 41.8 Å². The first kappa shape index (κ1) is 17.4. The maximum atomic E-state index is 12.7. The van der Waals surface area contributed by atoms with Crippen molar-refractivity contribution in [2.45, 2.75) is 37.1 Å². The quantitative estimate of drug-likeness (QED) is 0.761. The second-order valence-electron chi connectivity index (χ2n) is 6.32. The number of hydrogen-bond donors (Lipinski definition) is 0. The number of halogens is 1. The van der Waals surface area contributed by atoms with Gasteiger partial charge in [-0.15, -0.1) is 0 Å². The van der Waals surface area contributed by atoms with Crippen LogP contribution >= 0.6 is 23.4 Å². The molecule has 1 fully saturated rings. The molecule has 128 valence electrons. The molecule has 6 heteroatoms. The predicted octanol–water partition coefficient (Wildman–Crippen LogP) is 4.26. The van der Waals surface area contributed by atoms with Crippen LogP contribution in [-0.2, 0) is 4.79 Å². The van der Waals surface area contributed by atoms with Gasteiger partial charge < -0.3 is 4.90 Å². The van der Waals surface area contributed by atoms with Crippen molar-refractivity contribution in [2.75, 3.05) is 13.1 Å². The predicted molar refractivity (Wildman–Crippen MR) is 98.9 cm³/mol. The highest BCUT2D eigenvalue weighted by Crippen LogP contribution is 2.27. The van der Waals surface area contributed by atoms with E-state index in [2.05, 4.69) is 11.9 Å². The molecule has 1 saturated heterocycles. The van der Waals surface area contributed by atoms with E-state index >= 15 is 0 Å². The molecule has 3 rings (SSSR count). The minimum Gasteiger partial charge on any atom is -0.342 e. The highest BCUT2D eigenvalue weighted by atomic mass is 35.5. The van der Waals surface area contributed by atoms with Gasteiger partial charge >= 0.3 is 0 Å². The van der Waals surface area contributed by atoms with Gasteiger partial charge in [0.1, 0.15) is 0 Å². The zero-order valence-corrected chi connectivity index (χ0v) is 15.6. The third kappa shape index (κ3) is 3.95. The molecular weight excluding hydrogens is 342 g/mol. The summed E-state index contributed by atoms with van der Waals surface area (Å²) in [5, 5.41) is 1.38. The minimum absolute atomic E-state index is 0.146. The van der Waals surface area contributed by atoms with Crippen LogP contribution in [0.25, 0.3) is 5.69 Å². The minimum atomic E-state index is -0.146. The molecule has 1 aromatic carbocycles. The largest absolute Gasteiger partial charge is 0.342 e. The molecule has 24 heavy (non-hydrogen) atoms. The lowest BCUT2D eigenvalue weighted by atomic mass is 9.99. The molecule has 2 aromatic rings. The SMILES string of the molecule is CC1CCN(C(=O)[C@H](C)Sc2nccn2-c2ccc(Cl)cc2)CC1. The number of amides is 1. The number of likely N-dealkylation sites (tertiary alicyclic amines) is 1. The van der Waals surface area contributed by atoms with Crippen molar-refractivity contribution in [1.82, 2.24) is 14.5 Å². The zero-order valence-electron chi connectivity index (χ0n) is 14.0. The van der Waals surface area contributed by atoms with Gasteiger partial charge in [0.15, 0.2) is 5.16 Å². The molecule has 1 aliphatic heterocycles. The Labute approximate surface area is 152 Å². The van der Waals surface area contributed by atoms with Crippen molar-refractivity contribution in [1.29, 1.82) is 0 Å². The lowest BCUT2D eigenvalue weighted by Gasteiger charge is -2.32. The number of thioether (sulfide) groups is 1. The molecular formula is C18H22ClN3OS. The van der Waals surface area contributed by atoms with Crippen molar-refractivity contribution < 1.29 is 4.79 Å². The molecule has 4 nitrogen and oxygen atoms in total. The second-order valence-corrected chi connectivity index (χ2v) is 8.07. The molecule has 0 unspecified atom stereocenters. The maximum Gasteiger partial charge on any atom is 0.235 e. The number of benzene rings is 1. The van der Waals surface area contributed by atoms with Gasteiger partial charge in [-0.3, -0.25) is 9.36 Å². The van der Waals surface area contributed by atoms with Gasteiger partial charge in [-0.05, 0) is 49.9 Å². The molecule has 1 aliphatic rings. The van der Waals surface area contributed by atoms with Gasteiger partial charge in [0.2, 0.25) is 5.91 Å². The Morgan fingerprint density at radius 2 is 1.96 bits per heavy atom. The van der Waals surface area contributed by atoms with E-state index in [1.807, 2.05) is 46.9 Å². The molecule has 0 N–H and O–H groups in total. The molecule has 0 saturated carbocycles. The fraction of sp³-hybridized carbons (Fsp3) is 0.444. The second kappa shape index (κ2) is 7.62. The summed E-state index contributed by atoms with van der Waals surface area (Å²) in [6, 6.07) is 7.61. The van der Waals surface area contributed by atoms with Crippen LogP contribution in [0.2, 0.25) is 5.02 Å². The van der Waals surface area contributed by atoms with Crippen LogP contribution in [0, 0.1) is 5.92 Å². The van der Waals surface area contributed by atoms with E-state index in [9.17, 15) is 4.79 Å². The van der Waals surface area contributed by atoms with E-state index in [0.29, 0.717) is 5.02 Å². The van der Waals surface area contributed by atoms with Crippen molar-refractivity contribution >= 4 is 29.3 Å². The fourth-order valence-corrected chi connectivity index (χ4v) is 3.96. The summed E-state index contributed by atoms with van der Waals surface area (Å²) >= 11 is 7.46. The lowest BCUT2D eigenvalue weighted by molar-refractivity contribution is -0.131. The number of piperidine rings is 1.